The van der Waals surface area contributed by atoms with E-state index in [1.807, 2.05) is 72.8 Å². The number of aliphatic hydroxyl groups excluding tert-OH is 4. The van der Waals surface area contributed by atoms with Gasteiger partial charge in [-0.25, -0.2) is 44.3 Å². The van der Waals surface area contributed by atoms with Crippen LogP contribution in [0, 0.1) is 29.5 Å². The second kappa shape index (κ2) is 46.0. The number of fused-ring (bicyclic) bond motifs is 12. The first kappa shape index (κ1) is 96.0. The number of nitrogens with zero attached hydrogens (tertiary/aromatic N) is 8. The van der Waals surface area contributed by atoms with E-state index >= 15 is 0 Å². The van der Waals surface area contributed by atoms with Gasteiger partial charge in [0.1, 0.15) is 11.6 Å². The van der Waals surface area contributed by atoms with Gasteiger partial charge in [0.05, 0.1) is 120 Å². The Hall–Kier alpha value is -11.7. The van der Waals surface area contributed by atoms with Gasteiger partial charge in [-0.1, -0.05) is 277 Å². The largest absolute Gasteiger partial charge is 0.508 e. The molecule has 0 atom stereocenters. The molecule has 8 aliphatic rings. The van der Waals surface area contributed by atoms with Crippen molar-refractivity contribution in [2.24, 2.45) is 23.7 Å². The van der Waals surface area contributed by atoms with Crippen LogP contribution in [0.2, 0.25) is 5.02 Å². The van der Waals surface area contributed by atoms with Gasteiger partial charge in [-0.15, -0.1) is 0 Å². The highest BCUT2D eigenvalue weighted by Crippen LogP contribution is 2.42. The number of phenolic OH excluding ortho intramolecular Hbond substituents is 1. The third-order valence-electron chi connectivity index (χ3n) is 28.1. The summed E-state index contributed by atoms with van der Waals surface area (Å²) in [5.41, 5.74) is 27.1. The van der Waals surface area contributed by atoms with E-state index in [2.05, 4.69) is 73.6 Å². The Morgan fingerprint density at radius 2 is 0.544 bits per heavy atom. The van der Waals surface area contributed by atoms with E-state index in [1.165, 1.54) is 163 Å². The number of aliphatic hydroxyl groups is 4. The van der Waals surface area contributed by atoms with E-state index in [0.29, 0.717) is 58.4 Å². The second-order valence-corrected chi connectivity index (χ2v) is 39.5. The fourth-order valence-electron chi connectivity index (χ4n) is 20.8. The van der Waals surface area contributed by atoms with Crippen molar-refractivity contribution in [3.63, 3.8) is 0 Å². The van der Waals surface area contributed by atoms with Gasteiger partial charge >= 0.3 is 0 Å². The molecule has 136 heavy (non-hydrogen) atoms. The molecule has 4 aromatic heterocycles. The second-order valence-electron chi connectivity index (χ2n) is 38.1. The number of halogens is 3. The molecule has 0 unspecified atom stereocenters. The van der Waals surface area contributed by atoms with Crippen molar-refractivity contribution in [3.8, 4) is 50.8 Å². The third kappa shape index (κ3) is 25.0. The lowest BCUT2D eigenvalue weighted by Gasteiger charge is -2.25. The Labute approximate surface area is 808 Å². The van der Waals surface area contributed by atoms with Gasteiger partial charge in [0.15, 0.2) is 23.3 Å². The van der Waals surface area contributed by atoms with Crippen molar-refractivity contribution < 1.29 is 49.1 Å². The molecule has 0 saturated heterocycles. The van der Waals surface area contributed by atoms with Crippen molar-refractivity contribution >= 4 is 74.4 Å². The first-order valence-corrected chi connectivity index (χ1v) is 50.2. The summed E-state index contributed by atoms with van der Waals surface area (Å²) in [6.07, 6.45) is 35.5. The Morgan fingerprint density at radius 1 is 0.309 bits per heavy atom. The number of aromatic nitrogens is 8. The Balaban J connectivity index is 0.000000126. The molecule has 12 aromatic rings. The minimum absolute atomic E-state index is 0.0256. The average molecular weight is 1910 g/mol. The van der Waals surface area contributed by atoms with Gasteiger partial charge in [-0.3, -0.25) is 19.2 Å². The molecule has 4 fully saturated rings. The van der Waals surface area contributed by atoms with Crippen LogP contribution >= 0.6 is 27.5 Å². The summed E-state index contributed by atoms with van der Waals surface area (Å²) in [7, 11) is 0. The third-order valence-corrected chi connectivity index (χ3v) is 28.9. The normalized spacial score (nSPS) is 15.5. The summed E-state index contributed by atoms with van der Waals surface area (Å²) in [5.74, 6) is 4.07. The van der Waals surface area contributed by atoms with Crippen molar-refractivity contribution in [2.45, 2.75) is 258 Å². The standard InChI is InChI=1S/C28H30BrN3O2.C28H30ClN3O2.C28H30FN3O2.C28H31N3O3/c3*29-22-10-6-19(7-11-22)16-26(34)32-28-25(15-18-4-2-1-3-5-18)30-27-23-12-8-20(17-33)14-21(23)9-13-24(27)31-28;32-17-20-8-12-23-21(14-20)9-13-24-27(23)29-25(15-18-4-2-1-3-5-18)28(30-24)31-26(34)16-19-6-10-22(33)11-7-19/h3*6-8,10-12,14,18,33H,1-5,9,13,15-17H2,(H,31,32,34);6-8,10-12,14,18,32-33H,1-5,9,13,15-17H2,(H,30,31,34). The SMILES string of the molecule is O=C(Cc1ccc(Br)cc1)Nc1nc2c(nc1CC1CCCCC1)-c1ccc(CO)cc1CC2.O=C(Cc1ccc(Cl)cc1)Nc1nc2c(nc1CC1CCCCC1)-c1ccc(CO)cc1CC2.O=C(Cc1ccc(F)cc1)Nc1nc2c(nc1CC1CCCCC1)-c1ccc(CO)cc1CC2.O=C(Cc1ccc(O)cc1)Nc1nc2c(nc1CC1CCCCC1)-c1ccc(CO)cc1CC2. The van der Waals surface area contributed by atoms with Crippen LogP contribution in [0.15, 0.2) is 174 Å². The van der Waals surface area contributed by atoms with Crippen LogP contribution in [0.25, 0.3) is 45.0 Å². The van der Waals surface area contributed by atoms with Crippen molar-refractivity contribution in [1.82, 2.24) is 39.9 Å². The summed E-state index contributed by atoms with van der Waals surface area (Å²) in [6.45, 7) is 0.141. The topological polar surface area (TPSA) is 321 Å². The number of carbonyl (C=O) groups is 4. The molecule has 704 valence electrons. The summed E-state index contributed by atoms with van der Waals surface area (Å²) in [5, 5.41) is 60.5. The van der Waals surface area contributed by atoms with Gasteiger partial charge in [0, 0.05) is 31.7 Å². The maximum atomic E-state index is 13.2. The molecular weight excluding hydrogens is 1790 g/mol. The van der Waals surface area contributed by atoms with Crippen molar-refractivity contribution in [1.29, 1.82) is 0 Å². The molecule has 20 rings (SSSR count). The Kier molecular flexibility index (Phi) is 32.4. The fourth-order valence-corrected chi connectivity index (χ4v) is 21.2. The minimum atomic E-state index is -0.314. The van der Waals surface area contributed by atoms with E-state index in [-0.39, 0.29) is 80.9 Å². The van der Waals surface area contributed by atoms with E-state index in [0.717, 1.165) is 217 Å². The number of aromatic hydroxyl groups is 1. The molecule has 0 spiro atoms. The summed E-state index contributed by atoms with van der Waals surface area (Å²) < 4.78 is 14.2. The number of hydrogen-bond donors (Lipinski definition) is 9. The zero-order chi connectivity index (χ0) is 94.0. The molecule has 4 heterocycles. The summed E-state index contributed by atoms with van der Waals surface area (Å²) >= 11 is 9.43. The van der Waals surface area contributed by atoms with Crippen LogP contribution in [0.4, 0.5) is 27.7 Å². The van der Waals surface area contributed by atoms with Crippen LogP contribution in [0.5, 0.6) is 5.75 Å². The maximum absolute atomic E-state index is 13.2. The van der Waals surface area contributed by atoms with Crippen LogP contribution < -0.4 is 21.3 Å². The highest BCUT2D eigenvalue weighted by molar-refractivity contribution is 9.10. The minimum Gasteiger partial charge on any atom is -0.508 e. The summed E-state index contributed by atoms with van der Waals surface area (Å²) in [6, 6.07) is 52.2. The van der Waals surface area contributed by atoms with Gasteiger partial charge < -0.3 is 46.8 Å². The van der Waals surface area contributed by atoms with Crippen LogP contribution in [-0.2, 0) is 148 Å². The van der Waals surface area contributed by atoms with E-state index < -0.39 is 0 Å². The molecule has 0 radical (unpaired) electrons. The van der Waals surface area contributed by atoms with Crippen molar-refractivity contribution in [2.75, 3.05) is 21.3 Å². The number of anilines is 4. The molecule has 8 aromatic carbocycles. The van der Waals surface area contributed by atoms with Gasteiger partial charge in [0.25, 0.3) is 0 Å². The van der Waals surface area contributed by atoms with E-state index in [4.69, 9.17) is 51.5 Å². The fraction of sp³-hybridized carbons (Fsp3) is 0.393. The number of phenols is 1. The lowest BCUT2D eigenvalue weighted by Crippen LogP contribution is -2.21. The van der Waals surface area contributed by atoms with Crippen LogP contribution in [0.3, 0.4) is 0 Å². The Bertz CT molecular complexity index is 5510. The number of aryl methyl sites for hydroxylation is 8. The molecule has 24 heteroatoms. The van der Waals surface area contributed by atoms with Gasteiger partial charge in [0.2, 0.25) is 23.6 Å². The van der Waals surface area contributed by atoms with Crippen LogP contribution in [-0.4, -0.2) is 89.0 Å². The molecule has 4 amide bonds. The highest BCUT2D eigenvalue weighted by Gasteiger charge is 2.32. The number of benzene rings is 8. The van der Waals surface area contributed by atoms with E-state index in [1.54, 1.807) is 48.5 Å². The zero-order valence-corrected chi connectivity index (χ0v) is 79.7. The Morgan fingerprint density at radius 3 is 0.801 bits per heavy atom. The molecule has 8 aliphatic carbocycles. The highest BCUT2D eigenvalue weighted by atomic mass is 79.9. The molecule has 9 N–H and O–H groups in total. The molecule has 4 saturated carbocycles. The molecular formula is C112H121BrClFN12O9. The smallest absolute Gasteiger partial charge is 0.229 e. The lowest BCUT2D eigenvalue weighted by atomic mass is 9.85. The molecule has 21 nitrogen and oxygen atoms in total. The maximum Gasteiger partial charge on any atom is 0.229 e. The van der Waals surface area contributed by atoms with Gasteiger partial charge in [-0.05, 0) is 216 Å². The first-order valence-electron chi connectivity index (χ1n) is 49.1. The quantitative estimate of drug-likeness (QED) is 0.0271. The van der Waals surface area contributed by atoms with E-state index in [9.17, 15) is 49.1 Å². The number of nitrogens with one attached hydrogen (secondary N) is 4. The number of carbonyl (C=O) groups excluding carboxylic acids is 4. The number of hydrogen-bond acceptors (Lipinski definition) is 17. The predicted octanol–water partition coefficient (Wildman–Crippen LogP) is 21.4. The van der Waals surface area contributed by atoms with Crippen LogP contribution in [0.1, 0.15) is 241 Å². The molecule has 0 aliphatic heterocycles. The molecule has 0 bridgehead atoms. The zero-order valence-electron chi connectivity index (χ0n) is 77.3. The number of amides is 4. The predicted molar refractivity (Wildman–Crippen MR) is 534 cm³/mol. The average Bonchev–Trinajstić information content (AvgIpc) is 0.780. The van der Waals surface area contributed by atoms with Gasteiger partial charge in [-0.2, -0.15) is 0 Å². The lowest BCUT2D eigenvalue weighted by molar-refractivity contribution is -0.116. The number of rotatable bonds is 24. The first-order chi connectivity index (χ1) is 66.3. The summed E-state index contributed by atoms with van der Waals surface area (Å²) in [4.78, 5) is 91.8. The van der Waals surface area contributed by atoms with Crippen molar-refractivity contribution in [3.05, 3.63) is 297 Å². The monoisotopic (exact) mass is 1910 g/mol.